The van der Waals surface area contributed by atoms with Crippen LogP contribution >= 0.6 is 0 Å². The second-order valence-electron chi connectivity index (χ2n) is 4.29. The molecule has 2 rings (SSSR count). The fourth-order valence-corrected chi connectivity index (χ4v) is 2.07. The first-order valence-electron chi connectivity index (χ1n) is 6.02. The van der Waals surface area contributed by atoms with Crippen molar-refractivity contribution in [3.63, 3.8) is 0 Å². The van der Waals surface area contributed by atoms with Crippen LogP contribution in [0.1, 0.15) is 17.4 Å². The highest BCUT2D eigenvalue weighted by Gasteiger charge is 2.14. The molecule has 0 aliphatic carbocycles. The van der Waals surface area contributed by atoms with Crippen molar-refractivity contribution in [1.82, 2.24) is 14.9 Å². The van der Waals surface area contributed by atoms with Crippen LogP contribution < -0.4 is 10.1 Å². The molecule has 96 valence electrons. The van der Waals surface area contributed by atoms with Crippen molar-refractivity contribution in [2.75, 3.05) is 14.2 Å². The molecule has 0 amide bonds. The molecule has 1 atom stereocenters. The highest BCUT2D eigenvalue weighted by Crippen LogP contribution is 2.19. The van der Waals surface area contributed by atoms with Crippen LogP contribution in [0.4, 0.5) is 0 Å². The normalized spacial score (nSPS) is 12.4. The molecule has 0 saturated carbocycles. The molecule has 0 aliphatic heterocycles. The van der Waals surface area contributed by atoms with E-state index in [2.05, 4.69) is 22.4 Å². The second-order valence-corrected chi connectivity index (χ2v) is 4.29. The number of rotatable bonds is 5. The summed E-state index contributed by atoms with van der Waals surface area (Å²) in [5.74, 6) is 1.93. The van der Waals surface area contributed by atoms with E-state index in [1.807, 2.05) is 43.2 Å². The fourth-order valence-electron chi connectivity index (χ4n) is 2.07. The van der Waals surface area contributed by atoms with Crippen molar-refractivity contribution >= 4 is 0 Å². The first-order valence-corrected chi connectivity index (χ1v) is 6.02. The zero-order valence-corrected chi connectivity index (χ0v) is 11.1. The number of nitrogens with zero attached hydrogens (tertiary/aromatic N) is 2. The summed E-state index contributed by atoms with van der Waals surface area (Å²) in [4.78, 5) is 4.39. The van der Waals surface area contributed by atoms with E-state index >= 15 is 0 Å². The Labute approximate surface area is 108 Å². The number of aromatic nitrogens is 2. The molecule has 18 heavy (non-hydrogen) atoms. The minimum atomic E-state index is 0.206. The third-order valence-electron chi connectivity index (χ3n) is 3.09. The molecule has 1 unspecified atom stereocenters. The van der Waals surface area contributed by atoms with Gasteiger partial charge in [0.25, 0.3) is 0 Å². The summed E-state index contributed by atoms with van der Waals surface area (Å²) in [6.45, 7) is 0. The second kappa shape index (κ2) is 5.69. The molecule has 1 N–H and O–H groups in total. The number of aryl methyl sites for hydroxylation is 1. The van der Waals surface area contributed by atoms with Crippen molar-refractivity contribution in [1.29, 1.82) is 0 Å². The van der Waals surface area contributed by atoms with Gasteiger partial charge in [-0.2, -0.15) is 0 Å². The van der Waals surface area contributed by atoms with Gasteiger partial charge in [0.2, 0.25) is 0 Å². The molecule has 1 aromatic carbocycles. The SMILES string of the molecule is CNC(Cc1cccc(OC)c1)c1nccn1C. The number of nitrogens with one attached hydrogen (secondary N) is 1. The van der Waals surface area contributed by atoms with Gasteiger partial charge in [-0.15, -0.1) is 0 Å². The molecular formula is C14H19N3O. The van der Waals surface area contributed by atoms with E-state index in [0.717, 1.165) is 18.0 Å². The van der Waals surface area contributed by atoms with E-state index < -0.39 is 0 Å². The van der Waals surface area contributed by atoms with Gasteiger partial charge in [-0.1, -0.05) is 12.1 Å². The van der Waals surface area contributed by atoms with Gasteiger partial charge < -0.3 is 14.6 Å². The van der Waals surface area contributed by atoms with Crippen LogP contribution in [-0.2, 0) is 13.5 Å². The number of methoxy groups -OCH3 is 1. The number of hydrogen-bond acceptors (Lipinski definition) is 3. The smallest absolute Gasteiger partial charge is 0.125 e. The predicted octanol–water partition coefficient (Wildman–Crippen LogP) is 1.93. The third kappa shape index (κ3) is 2.71. The number of benzene rings is 1. The standard InChI is InChI=1S/C14H19N3O/c1-15-13(14-16-7-8-17(14)2)10-11-5-4-6-12(9-11)18-3/h4-9,13,15H,10H2,1-3H3. The van der Waals surface area contributed by atoms with Crippen LogP contribution in [0.15, 0.2) is 36.7 Å². The summed E-state index contributed by atoms with van der Waals surface area (Å²) in [5.41, 5.74) is 1.23. The predicted molar refractivity (Wildman–Crippen MR) is 71.7 cm³/mol. The zero-order chi connectivity index (χ0) is 13.0. The fraction of sp³-hybridized carbons (Fsp3) is 0.357. The van der Waals surface area contributed by atoms with Gasteiger partial charge in [0.05, 0.1) is 13.2 Å². The van der Waals surface area contributed by atoms with E-state index in [1.54, 1.807) is 7.11 Å². The highest BCUT2D eigenvalue weighted by atomic mass is 16.5. The monoisotopic (exact) mass is 245 g/mol. The maximum atomic E-state index is 5.24. The maximum absolute atomic E-state index is 5.24. The summed E-state index contributed by atoms with van der Waals surface area (Å²) in [5, 5.41) is 3.31. The van der Waals surface area contributed by atoms with Crippen molar-refractivity contribution in [3.05, 3.63) is 48.0 Å². The highest BCUT2D eigenvalue weighted by molar-refractivity contribution is 5.29. The van der Waals surface area contributed by atoms with Crippen LogP contribution in [0, 0.1) is 0 Å². The molecule has 1 heterocycles. The summed E-state index contributed by atoms with van der Waals surface area (Å²) >= 11 is 0. The first-order chi connectivity index (χ1) is 8.74. The van der Waals surface area contributed by atoms with E-state index in [0.29, 0.717) is 0 Å². The van der Waals surface area contributed by atoms with Crippen molar-refractivity contribution in [3.8, 4) is 5.75 Å². The van der Waals surface area contributed by atoms with Gasteiger partial charge in [0.15, 0.2) is 0 Å². The molecule has 1 aromatic heterocycles. The van der Waals surface area contributed by atoms with Gasteiger partial charge in [0.1, 0.15) is 11.6 Å². The molecule has 0 saturated heterocycles. The lowest BCUT2D eigenvalue weighted by atomic mass is 10.1. The molecular weight excluding hydrogens is 226 g/mol. The Balaban J connectivity index is 2.18. The molecule has 0 bridgehead atoms. The van der Waals surface area contributed by atoms with Gasteiger partial charge in [-0.25, -0.2) is 4.98 Å². The van der Waals surface area contributed by atoms with Crippen LogP contribution in [-0.4, -0.2) is 23.7 Å². The van der Waals surface area contributed by atoms with Crippen LogP contribution in [0.3, 0.4) is 0 Å². The molecule has 0 aliphatic rings. The summed E-state index contributed by atoms with van der Waals surface area (Å²) in [6.07, 6.45) is 4.68. The number of hydrogen-bond donors (Lipinski definition) is 1. The minimum Gasteiger partial charge on any atom is -0.497 e. The van der Waals surface area contributed by atoms with Crippen molar-refractivity contribution < 1.29 is 4.74 Å². The Morgan fingerprint density at radius 3 is 2.89 bits per heavy atom. The lowest BCUT2D eigenvalue weighted by Gasteiger charge is -2.16. The lowest BCUT2D eigenvalue weighted by Crippen LogP contribution is -2.22. The van der Waals surface area contributed by atoms with E-state index in [4.69, 9.17) is 4.74 Å². The van der Waals surface area contributed by atoms with E-state index in [-0.39, 0.29) is 6.04 Å². The molecule has 4 heteroatoms. The Morgan fingerprint density at radius 1 is 1.44 bits per heavy atom. The largest absolute Gasteiger partial charge is 0.497 e. The average Bonchev–Trinajstić information content (AvgIpc) is 2.82. The maximum Gasteiger partial charge on any atom is 0.125 e. The van der Waals surface area contributed by atoms with Gasteiger partial charge in [0, 0.05) is 19.4 Å². The Kier molecular flexibility index (Phi) is 3.99. The lowest BCUT2D eigenvalue weighted by molar-refractivity contribution is 0.413. The quantitative estimate of drug-likeness (QED) is 0.875. The summed E-state index contributed by atoms with van der Waals surface area (Å²) < 4.78 is 7.29. The van der Waals surface area contributed by atoms with Crippen LogP contribution in [0.25, 0.3) is 0 Å². The molecule has 0 radical (unpaired) electrons. The van der Waals surface area contributed by atoms with Crippen LogP contribution in [0.5, 0.6) is 5.75 Å². The number of imidazole rings is 1. The van der Waals surface area contributed by atoms with Gasteiger partial charge in [-0.3, -0.25) is 0 Å². The van der Waals surface area contributed by atoms with E-state index in [1.165, 1.54) is 5.56 Å². The topological polar surface area (TPSA) is 39.1 Å². The first kappa shape index (κ1) is 12.6. The number of ether oxygens (including phenoxy) is 1. The minimum absolute atomic E-state index is 0.206. The Hall–Kier alpha value is -1.81. The zero-order valence-electron chi connectivity index (χ0n) is 11.1. The van der Waals surface area contributed by atoms with E-state index in [9.17, 15) is 0 Å². The van der Waals surface area contributed by atoms with Gasteiger partial charge in [-0.05, 0) is 31.2 Å². The molecule has 0 fully saturated rings. The molecule has 2 aromatic rings. The average molecular weight is 245 g/mol. The third-order valence-corrected chi connectivity index (χ3v) is 3.09. The Morgan fingerprint density at radius 2 is 2.28 bits per heavy atom. The van der Waals surface area contributed by atoms with Crippen LogP contribution in [0.2, 0.25) is 0 Å². The summed E-state index contributed by atoms with van der Waals surface area (Å²) in [7, 11) is 5.66. The molecule has 4 nitrogen and oxygen atoms in total. The number of likely N-dealkylation sites (N-methyl/N-ethyl adjacent to an activating group) is 1. The molecule has 0 spiro atoms. The Bertz CT molecular complexity index is 507. The summed E-state index contributed by atoms with van der Waals surface area (Å²) in [6, 6.07) is 8.35. The van der Waals surface area contributed by atoms with Crippen molar-refractivity contribution in [2.45, 2.75) is 12.5 Å². The van der Waals surface area contributed by atoms with Gasteiger partial charge >= 0.3 is 0 Å². The van der Waals surface area contributed by atoms with Crippen molar-refractivity contribution in [2.24, 2.45) is 7.05 Å².